The number of nitrogens with zero attached hydrogens (tertiary/aromatic N) is 3. The molecule has 3 amide bonds. The second-order valence-corrected chi connectivity index (χ2v) is 10.9. The van der Waals surface area contributed by atoms with E-state index in [0.29, 0.717) is 25.1 Å². The molecule has 2 aliphatic rings. The molecule has 3 atom stereocenters. The first-order chi connectivity index (χ1) is 16.6. The van der Waals surface area contributed by atoms with E-state index < -0.39 is 18.2 Å². The Bertz CT molecular complexity index is 1080. The minimum absolute atomic E-state index is 0.0181. The van der Waals surface area contributed by atoms with Gasteiger partial charge in [-0.2, -0.15) is 0 Å². The average molecular weight is 499 g/mol. The van der Waals surface area contributed by atoms with E-state index in [9.17, 15) is 19.2 Å². The molecule has 35 heavy (non-hydrogen) atoms. The Hall–Kier alpha value is -3.27. The molecule has 9 nitrogen and oxygen atoms in total. The summed E-state index contributed by atoms with van der Waals surface area (Å²) in [6, 6.07) is 3.35. The molecule has 0 aromatic carbocycles. The number of amides is 3. The van der Waals surface area contributed by atoms with Gasteiger partial charge in [-0.25, -0.2) is 4.79 Å². The molecule has 0 radical (unpaired) electrons. The summed E-state index contributed by atoms with van der Waals surface area (Å²) in [6.45, 7) is 6.26. The molecule has 0 saturated carbocycles. The molecule has 10 heteroatoms. The zero-order valence-electron chi connectivity index (χ0n) is 20.1. The summed E-state index contributed by atoms with van der Waals surface area (Å²) in [7, 11) is 0. The molecular weight excluding hydrogens is 468 g/mol. The van der Waals surface area contributed by atoms with Crippen molar-refractivity contribution in [3.05, 3.63) is 46.9 Å². The maximum atomic E-state index is 13.6. The average Bonchev–Trinajstić information content (AvgIpc) is 3.51. The summed E-state index contributed by atoms with van der Waals surface area (Å²) in [5.41, 5.74) is 0.512. The Kier molecular flexibility index (Phi) is 7.20. The van der Waals surface area contributed by atoms with Gasteiger partial charge < -0.3 is 19.9 Å². The largest absolute Gasteiger partial charge is 0.413 e. The van der Waals surface area contributed by atoms with Crippen LogP contribution in [0.1, 0.15) is 39.2 Å². The summed E-state index contributed by atoms with van der Waals surface area (Å²) in [4.78, 5) is 59.2. The van der Waals surface area contributed by atoms with Gasteiger partial charge in [0.05, 0.1) is 19.0 Å². The van der Waals surface area contributed by atoms with Crippen LogP contribution in [0.4, 0.5) is 4.79 Å². The SMILES string of the molecule is CC(C)(C)CC(NC(=O)Oc1ccsc1)C(=O)N1CCC2C1C(=O)CN2C(=O)Cc1cccnc1. The number of fused-ring (bicyclic) bond motifs is 1. The zero-order chi connectivity index (χ0) is 25.2. The Morgan fingerprint density at radius 1 is 1.26 bits per heavy atom. The van der Waals surface area contributed by atoms with Crippen LogP contribution in [0.2, 0.25) is 0 Å². The number of ketones is 1. The fraction of sp³-hybridized carbons (Fsp3) is 0.480. The van der Waals surface area contributed by atoms with Crippen molar-refractivity contribution in [1.82, 2.24) is 20.1 Å². The smallest absolute Gasteiger partial charge is 0.409 e. The normalized spacial score (nSPS) is 20.5. The number of rotatable bonds is 6. The topological polar surface area (TPSA) is 109 Å². The van der Waals surface area contributed by atoms with Crippen molar-refractivity contribution in [2.45, 2.75) is 58.2 Å². The number of thiophene rings is 1. The van der Waals surface area contributed by atoms with Gasteiger partial charge >= 0.3 is 6.09 Å². The third-order valence-corrected chi connectivity index (χ3v) is 6.88. The van der Waals surface area contributed by atoms with E-state index in [1.54, 1.807) is 40.2 Å². The summed E-state index contributed by atoms with van der Waals surface area (Å²) in [5, 5.41) is 6.19. The maximum Gasteiger partial charge on any atom is 0.413 e. The molecule has 4 rings (SSSR count). The third kappa shape index (κ3) is 5.87. The highest BCUT2D eigenvalue weighted by Crippen LogP contribution is 2.32. The molecule has 0 aliphatic carbocycles. The van der Waals surface area contributed by atoms with E-state index >= 15 is 0 Å². The van der Waals surface area contributed by atoms with Crippen LogP contribution in [-0.4, -0.2) is 69.7 Å². The van der Waals surface area contributed by atoms with Crippen molar-refractivity contribution >= 4 is 35.0 Å². The minimum Gasteiger partial charge on any atom is -0.409 e. The van der Waals surface area contributed by atoms with E-state index in [4.69, 9.17) is 4.74 Å². The zero-order valence-corrected chi connectivity index (χ0v) is 20.9. The molecule has 186 valence electrons. The van der Waals surface area contributed by atoms with Gasteiger partial charge in [0.2, 0.25) is 11.8 Å². The maximum absolute atomic E-state index is 13.6. The Morgan fingerprint density at radius 3 is 2.71 bits per heavy atom. The van der Waals surface area contributed by atoms with Gasteiger partial charge in [0.15, 0.2) is 5.78 Å². The first-order valence-corrected chi connectivity index (χ1v) is 12.6. The number of hydrogen-bond donors (Lipinski definition) is 1. The van der Waals surface area contributed by atoms with Crippen molar-refractivity contribution in [3.63, 3.8) is 0 Å². The molecule has 0 spiro atoms. The molecule has 2 aromatic rings. The Labute approximate surface area is 208 Å². The van der Waals surface area contributed by atoms with Gasteiger partial charge in [-0.05, 0) is 41.3 Å². The third-order valence-electron chi connectivity index (χ3n) is 6.22. The van der Waals surface area contributed by atoms with E-state index in [2.05, 4.69) is 10.3 Å². The standard InChI is InChI=1S/C25H30N4O5S/c1-25(2,3)12-18(27-24(33)34-17-7-10-35-15-17)23(32)28-9-6-19-22(28)20(30)14-29(19)21(31)11-16-5-4-8-26-13-16/h4-5,7-8,10,13,15,18-19,22H,6,9,11-12,14H2,1-3H3,(H,27,33). The van der Waals surface area contributed by atoms with Crippen LogP contribution in [0.15, 0.2) is 41.4 Å². The van der Waals surface area contributed by atoms with Crippen LogP contribution in [0.3, 0.4) is 0 Å². The summed E-state index contributed by atoms with van der Waals surface area (Å²) >= 11 is 1.40. The predicted octanol–water partition coefficient (Wildman–Crippen LogP) is 2.66. The number of Topliss-reactive ketones (excluding diaryl/α,β-unsaturated/α-hetero) is 1. The van der Waals surface area contributed by atoms with Gasteiger partial charge in [-0.1, -0.05) is 26.8 Å². The Morgan fingerprint density at radius 2 is 2.06 bits per heavy atom. The highest BCUT2D eigenvalue weighted by molar-refractivity contribution is 7.08. The first-order valence-electron chi connectivity index (χ1n) is 11.6. The number of hydrogen-bond acceptors (Lipinski definition) is 7. The van der Waals surface area contributed by atoms with Crippen LogP contribution < -0.4 is 10.1 Å². The lowest BCUT2D eigenvalue weighted by atomic mass is 9.87. The summed E-state index contributed by atoms with van der Waals surface area (Å²) < 4.78 is 5.29. The lowest BCUT2D eigenvalue weighted by Gasteiger charge is -2.31. The number of pyridine rings is 1. The van der Waals surface area contributed by atoms with E-state index in [0.717, 1.165) is 5.56 Å². The van der Waals surface area contributed by atoms with Crippen LogP contribution in [0.5, 0.6) is 5.75 Å². The predicted molar refractivity (Wildman–Crippen MR) is 130 cm³/mol. The molecule has 1 N–H and O–H groups in total. The van der Waals surface area contributed by atoms with Crippen LogP contribution in [0.25, 0.3) is 0 Å². The fourth-order valence-corrected chi connectivity index (χ4v) is 5.32. The molecule has 2 saturated heterocycles. The lowest BCUT2D eigenvalue weighted by Crippen LogP contribution is -2.54. The number of carbonyl (C=O) groups is 4. The molecule has 2 fully saturated rings. The van der Waals surface area contributed by atoms with Gasteiger partial charge in [-0.15, -0.1) is 11.3 Å². The van der Waals surface area contributed by atoms with Crippen molar-refractivity contribution in [1.29, 1.82) is 0 Å². The number of nitrogens with one attached hydrogen (secondary N) is 1. The second kappa shape index (κ2) is 10.2. The molecule has 2 aromatic heterocycles. The molecule has 0 bridgehead atoms. The molecule has 4 heterocycles. The highest BCUT2D eigenvalue weighted by Gasteiger charge is 2.52. The second-order valence-electron chi connectivity index (χ2n) is 10.2. The van der Waals surface area contributed by atoms with Gasteiger partial charge in [-0.3, -0.25) is 19.4 Å². The van der Waals surface area contributed by atoms with Crippen LogP contribution in [0, 0.1) is 5.41 Å². The highest BCUT2D eigenvalue weighted by atomic mass is 32.1. The first kappa shape index (κ1) is 24.8. The summed E-state index contributed by atoms with van der Waals surface area (Å²) in [5.74, 6) is -0.235. The van der Waals surface area contributed by atoms with Crippen LogP contribution in [-0.2, 0) is 20.8 Å². The van der Waals surface area contributed by atoms with Crippen molar-refractivity contribution < 1.29 is 23.9 Å². The number of aromatic nitrogens is 1. The number of carbonyl (C=O) groups excluding carboxylic acids is 4. The van der Waals surface area contributed by atoms with E-state index in [1.807, 2.05) is 26.8 Å². The fourth-order valence-electron chi connectivity index (χ4n) is 4.77. The lowest BCUT2D eigenvalue weighted by molar-refractivity contribution is -0.138. The number of likely N-dealkylation sites (tertiary alicyclic amines) is 2. The van der Waals surface area contributed by atoms with Crippen molar-refractivity contribution in [3.8, 4) is 5.75 Å². The summed E-state index contributed by atoms with van der Waals surface area (Å²) in [6.07, 6.45) is 3.60. The molecule has 3 unspecified atom stereocenters. The van der Waals surface area contributed by atoms with Crippen molar-refractivity contribution in [2.24, 2.45) is 5.41 Å². The molecular formula is C25H30N4O5S. The Balaban J connectivity index is 1.46. The van der Waals surface area contributed by atoms with E-state index in [1.165, 1.54) is 16.2 Å². The quantitative estimate of drug-likeness (QED) is 0.656. The van der Waals surface area contributed by atoms with Crippen molar-refractivity contribution in [2.75, 3.05) is 13.1 Å². The van der Waals surface area contributed by atoms with Crippen LogP contribution >= 0.6 is 11.3 Å². The van der Waals surface area contributed by atoms with Gasteiger partial charge in [0.1, 0.15) is 17.8 Å². The molecule has 2 aliphatic heterocycles. The monoisotopic (exact) mass is 498 g/mol. The van der Waals surface area contributed by atoms with Gasteiger partial charge in [0.25, 0.3) is 0 Å². The van der Waals surface area contributed by atoms with E-state index in [-0.39, 0.29) is 42.0 Å². The van der Waals surface area contributed by atoms with Gasteiger partial charge in [0, 0.05) is 24.3 Å². The minimum atomic E-state index is -0.854. The number of ether oxygens (including phenoxy) is 1.